The van der Waals surface area contributed by atoms with Crippen molar-refractivity contribution in [3.8, 4) is 22.4 Å². The summed E-state index contributed by atoms with van der Waals surface area (Å²) in [6.07, 6.45) is 7.57. The molecule has 0 saturated carbocycles. The predicted octanol–water partition coefficient (Wildman–Crippen LogP) is 9.18. The Kier molecular flexibility index (Phi) is 9.00. The molecule has 3 aliphatic heterocycles. The topological polar surface area (TPSA) is 100 Å². The number of aliphatic imine (C=N–C) groups is 1. The molecule has 2 aromatic carbocycles. The van der Waals surface area contributed by atoms with E-state index in [9.17, 15) is 9.59 Å². The molecule has 9 nitrogen and oxygen atoms in total. The van der Waals surface area contributed by atoms with Crippen molar-refractivity contribution in [2.45, 2.75) is 123 Å². The normalized spacial score (nSPS) is 22.9. The van der Waals surface area contributed by atoms with Gasteiger partial charge in [0.2, 0.25) is 0 Å². The van der Waals surface area contributed by atoms with Gasteiger partial charge in [-0.1, -0.05) is 48.5 Å². The van der Waals surface area contributed by atoms with Crippen LogP contribution in [-0.4, -0.2) is 67.0 Å². The number of aromatic amines is 1. The van der Waals surface area contributed by atoms with E-state index in [-0.39, 0.29) is 36.4 Å². The van der Waals surface area contributed by atoms with E-state index in [2.05, 4.69) is 72.3 Å². The molecule has 1 N–H and O–H groups in total. The summed E-state index contributed by atoms with van der Waals surface area (Å²) in [5, 5.41) is 0. The van der Waals surface area contributed by atoms with Crippen LogP contribution < -0.4 is 0 Å². The number of hydrogen-bond donors (Lipinski definition) is 1. The van der Waals surface area contributed by atoms with Crippen LogP contribution in [0, 0.1) is 0 Å². The highest BCUT2D eigenvalue weighted by Gasteiger charge is 2.41. The van der Waals surface area contributed by atoms with Gasteiger partial charge in [-0.25, -0.2) is 14.6 Å². The summed E-state index contributed by atoms with van der Waals surface area (Å²) in [5.74, 6) is 0.785. The SMILES string of the molecule is C[C@H]1CC[C@@H](C2=NC=C(c3ccc(-c4ccc(-c5cnc([C@@H]6CC[C@H](C)N6C(=O)OC(C)(C)C)[nH]5)cc4)cc3)C2)N1C(=O)OC(C)(C)C. The van der Waals surface area contributed by atoms with Crippen LogP contribution in [0.4, 0.5) is 9.59 Å². The smallest absolute Gasteiger partial charge is 0.411 e. The van der Waals surface area contributed by atoms with Gasteiger partial charge >= 0.3 is 12.2 Å². The van der Waals surface area contributed by atoms with Crippen molar-refractivity contribution in [2.24, 2.45) is 4.99 Å². The average Bonchev–Trinajstić information content (AvgIpc) is 3.82. The number of benzene rings is 2. The minimum atomic E-state index is -0.549. The Balaban J connectivity index is 1.09. The van der Waals surface area contributed by atoms with E-state index in [1.807, 2.05) is 63.7 Å². The van der Waals surface area contributed by atoms with Crippen LogP contribution in [0.25, 0.3) is 28.0 Å². The van der Waals surface area contributed by atoms with Crippen LogP contribution in [0.15, 0.2) is 65.9 Å². The number of H-pyrrole nitrogens is 1. The number of nitrogens with one attached hydrogen (secondary N) is 1. The molecule has 2 amide bonds. The van der Waals surface area contributed by atoms with Gasteiger partial charge in [-0.15, -0.1) is 0 Å². The molecule has 4 atom stereocenters. The summed E-state index contributed by atoms with van der Waals surface area (Å²) in [5.41, 5.74) is 6.45. The van der Waals surface area contributed by atoms with Gasteiger partial charge in [0.1, 0.15) is 17.0 Å². The molecule has 0 spiro atoms. The van der Waals surface area contributed by atoms with E-state index in [1.165, 1.54) is 0 Å². The first kappa shape index (κ1) is 33.5. The lowest BCUT2D eigenvalue weighted by Crippen LogP contribution is -2.46. The zero-order valence-electron chi connectivity index (χ0n) is 29.5. The summed E-state index contributed by atoms with van der Waals surface area (Å²) in [6, 6.07) is 17.1. The largest absolute Gasteiger partial charge is 0.444 e. The number of hydrogen-bond acceptors (Lipinski definition) is 6. The first-order chi connectivity index (χ1) is 22.7. The van der Waals surface area contributed by atoms with E-state index in [0.29, 0.717) is 0 Å². The van der Waals surface area contributed by atoms with Gasteiger partial charge in [-0.2, -0.15) is 0 Å². The highest BCUT2D eigenvalue weighted by Crippen LogP contribution is 2.37. The lowest BCUT2D eigenvalue weighted by atomic mass is 9.96. The minimum absolute atomic E-state index is 0.0297. The molecule has 0 unspecified atom stereocenters. The molecule has 3 aliphatic rings. The highest BCUT2D eigenvalue weighted by atomic mass is 16.6. The van der Waals surface area contributed by atoms with E-state index in [1.54, 1.807) is 0 Å². The van der Waals surface area contributed by atoms with Crippen molar-refractivity contribution in [3.05, 3.63) is 72.3 Å². The van der Waals surface area contributed by atoms with Crippen LogP contribution in [0.5, 0.6) is 0 Å². The number of likely N-dealkylation sites (tertiary alicyclic amines) is 2. The zero-order valence-corrected chi connectivity index (χ0v) is 29.5. The maximum Gasteiger partial charge on any atom is 0.411 e. The minimum Gasteiger partial charge on any atom is -0.444 e. The summed E-state index contributed by atoms with van der Waals surface area (Å²) < 4.78 is 11.4. The molecule has 4 heterocycles. The molecule has 0 bridgehead atoms. The van der Waals surface area contributed by atoms with Gasteiger partial charge in [-0.3, -0.25) is 14.8 Å². The summed E-state index contributed by atoms with van der Waals surface area (Å²) in [4.78, 5) is 42.6. The monoisotopic (exact) mass is 651 g/mol. The van der Waals surface area contributed by atoms with Crippen LogP contribution in [0.2, 0.25) is 0 Å². The second-order valence-electron chi connectivity index (χ2n) is 15.4. The Morgan fingerprint density at radius 2 is 1.19 bits per heavy atom. The summed E-state index contributed by atoms with van der Waals surface area (Å²) >= 11 is 0. The number of imidazole rings is 1. The fourth-order valence-electron chi connectivity index (χ4n) is 7.01. The molecule has 1 aromatic heterocycles. The highest BCUT2D eigenvalue weighted by molar-refractivity contribution is 6.03. The number of ether oxygens (including phenoxy) is 2. The third kappa shape index (κ3) is 7.20. The van der Waals surface area contributed by atoms with E-state index in [0.717, 1.165) is 77.2 Å². The van der Waals surface area contributed by atoms with Crippen LogP contribution in [0.3, 0.4) is 0 Å². The quantitative estimate of drug-likeness (QED) is 0.297. The number of carbonyl (C=O) groups is 2. The molecular weight excluding hydrogens is 602 g/mol. The molecule has 3 aromatic rings. The van der Waals surface area contributed by atoms with Crippen molar-refractivity contribution in [2.75, 3.05) is 0 Å². The molecular formula is C39H49N5O4. The van der Waals surface area contributed by atoms with Gasteiger partial charge in [-0.05, 0) is 109 Å². The maximum absolute atomic E-state index is 13.0. The predicted molar refractivity (Wildman–Crippen MR) is 190 cm³/mol. The first-order valence-corrected chi connectivity index (χ1v) is 17.2. The molecule has 0 aliphatic carbocycles. The lowest BCUT2D eigenvalue weighted by molar-refractivity contribution is 0.0149. The Labute approximate surface area is 284 Å². The van der Waals surface area contributed by atoms with Gasteiger partial charge in [0.05, 0.1) is 24.0 Å². The number of rotatable bonds is 5. The third-order valence-electron chi connectivity index (χ3n) is 9.38. The Hall–Kier alpha value is -4.40. The van der Waals surface area contributed by atoms with Crippen molar-refractivity contribution < 1.29 is 19.1 Å². The van der Waals surface area contributed by atoms with Gasteiger partial charge < -0.3 is 14.5 Å². The molecule has 48 heavy (non-hydrogen) atoms. The third-order valence-corrected chi connectivity index (χ3v) is 9.38. The van der Waals surface area contributed by atoms with Crippen molar-refractivity contribution in [1.29, 1.82) is 0 Å². The number of nitrogens with zero attached hydrogens (tertiary/aromatic N) is 4. The molecule has 2 saturated heterocycles. The van der Waals surface area contributed by atoms with Crippen molar-refractivity contribution in [3.63, 3.8) is 0 Å². The molecule has 6 rings (SSSR count). The van der Waals surface area contributed by atoms with Crippen molar-refractivity contribution >= 4 is 23.5 Å². The maximum atomic E-state index is 13.0. The fourth-order valence-corrected chi connectivity index (χ4v) is 7.01. The molecule has 2 fully saturated rings. The summed E-state index contributed by atoms with van der Waals surface area (Å²) in [6.45, 7) is 15.5. The molecule has 9 heteroatoms. The lowest BCUT2D eigenvalue weighted by Gasteiger charge is -2.31. The fraction of sp³-hybridized carbons (Fsp3) is 0.487. The van der Waals surface area contributed by atoms with Crippen molar-refractivity contribution in [1.82, 2.24) is 19.8 Å². The number of aromatic nitrogens is 2. The number of allylic oxidation sites excluding steroid dienone is 1. The summed E-state index contributed by atoms with van der Waals surface area (Å²) in [7, 11) is 0. The molecule has 0 radical (unpaired) electrons. The Morgan fingerprint density at radius 3 is 1.73 bits per heavy atom. The Bertz CT molecular complexity index is 1710. The average molecular weight is 652 g/mol. The van der Waals surface area contributed by atoms with Crippen LogP contribution in [0.1, 0.15) is 105 Å². The van der Waals surface area contributed by atoms with Gasteiger partial charge in [0.15, 0.2) is 0 Å². The second-order valence-corrected chi connectivity index (χ2v) is 15.4. The Morgan fingerprint density at radius 1 is 0.708 bits per heavy atom. The van der Waals surface area contributed by atoms with E-state index >= 15 is 0 Å². The second kappa shape index (κ2) is 12.9. The van der Waals surface area contributed by atoms with Gasteiger partial charge in [0, 0.05) is 30.4 Å². The molecule has 254 valence electrons. The van der Waals surface area contributed by atoms with Gasteiger partial charge in [0.25, 0.3) is 0 Å². The van der Waals surface area contributed by atoms with Crippen LogP contribution in [-0.2, 0) is 9.47 Å². The first-order valence-electron chi connectivity index (χ1n) is 17.2. The van der Waals surface area contributed by atoms with E-state index in [4.69, 9.17) is 14.5 Å². The van der Waals surface area contributed by atoms with E-state index < -0.39 is 11.2 Å². The number of amides is 2. The number of carbonyl (C=O) groups excluding carboxylic acids is 2. The zero-order chi connectivity index (χ0) is 34.4. The van der Waals surface area contributed by atoms with Crippen LogP contribution >= 0.6 is 0 Å². The standard InChI is InChI=1S/C39H49N5O4/c1-24-9-19-33(43(24)36(45)47-38(3,4)5)31-21-30(22-40-31)28-13-11-26(12-14-28)27-15-17-29(18-16-27)32-23-41-35(42-32)34-20-10-25(2)44(34)37(46)48-39(6,7)8/h11-18,22-25,33-34H,9-10,19-21H2,1-8H3,(H,41,42)/t24-,25-,33-,34-/m0/s1.